The van der Waals surface area contributed by atoms with E-state index in [1.807, 2.05) is 25.1 Å². The molecule has 0 aliphatic carbocycles. The molecule has 162 valence electrons. The standard InChI is InChI=1S/C22H27ClN2O4S/c1-4-16-7-5-6-15(2)21(16)24-22(26)17-10-12-25(13-11-17)30(27,28)20-14-18(23)8-9-19(20)29-3/h5-9,14,17H,4,10-13H2,1-3H3,(H,24,26). The van der Waals surface area contributed by atoms with Crippen LogP contribution in [0.1, 0.15) is 30.9 Å². The van der Waals surface area contributed by atoms with E-state index in [0.29, 0.717) is 17.9 Å². The number of anilines is 1. The molecule has 2 aromatic carbocycles. The molecule has 0 atom stereocenters. The number of aryl methyl sites for hydroxylation is 2. The molecular formula is C22H27ClN2O4S. The van der Waals surface area contributed by atoms with E-state index < -0.39 is 10.0 Å². The second-order valence-electron chi connectivity index (χ2n) is 7.43. The number of carbonyl (C=O) groups is 1. The van der Waals surface area contributed by atoms with Crippen LogP contribution in [0.2, 0.25) is 5.02 Å². The van der Waals surface area contributed by atoms with Gasteiger partial charge in [-0.1, -0.05) is 36.7 Å². The zero-order chi connectivity index (χ0) is 21.9. The SMILES string of the molecule is CCc1cccc(C)c1NC(=O)C1CCN(S(=O)(=O)c2cc(Cl)ccc2OC)CC1. The van der Waals surface area contributed by atoms with Crippen LogP contribution in [0.25, 0.3) is 0 Å². The molecular weight excluding hydrogens is 424 g/mol. The summed E-state index contributed by atoms with van der Waals surface area (Å²) < 4.78 is 32.8. The van der Waals surface area contributed by atoms with Crippen molar-refractivity contribution in [2.24, 2.45) is 5.92 Å². The van der Waals surface area contributed by atoms with Crippen molar-refractivity contribution in [1.82, 2.24) is 4.31 Å². The number of carbonyl (C=O) groups excluding carboxylic acids is 1. The highest BCUT2D eigenvalue weighted by molar-refractivity contribution is 7.89. The molecule has 3 rings (SSSR count). The summed E-state index contributed by atoms with van der Waals surface area (Å²) in [7, 11) is -2.33. The van der Waals surface area contributed by atoms with E-state index in [0.717, 1.165) is 23.2 Å². The lowest BCUT2D eigenvalue weighted by atomic mass is 9.96. The summed E-state index contributed by atoms with van der Waals surface area (Å²) in [6, 6.07) is 10.5. The lowest BCUT2D eigenvalue weighted by Gasteiger charge is -2.31. The number of ether oxygens (including phenoxy) is 1. The van der Waals surface area contributed by atoms with Gasteiger partial charge in [0, 0.05) is 29.7 Å². The number of rotatable bonds is 6. The van der Waals surface area contributed by atoms with Crippen molar-refractivity contribution in [2.75, 3.05) is 25.5 Å². The van der Waals surface area contributed by atoms with Crippen LogP contribution in [0.15, 0.2) is 41.3 Å². The first-order chi connectivity index (χ1) is 14.3. The quantitative estimate of drug-likeness (QED) is 0.713. The monoisotopic (exact) mass is 450 g/mol. The van der Waals surface area contributed by atoms with E-state index >= 15 is 0 Å². The summed E-state index contributed by atoms with van der Waals surface area (Å²) in [5.41, 5.74) is 2.98. The number of nitrogens with one attached hydrogen (secondary N) is 1. The fourth-order valence-electron chi connectivity index (χ4n) is 3.78. The second kappa shape index (κ2) is 9.37. The molecule has 0 saturated carbocycles. The highest BCUT2D eigenvalue weighted by atomic mass is 35.5. The number of amides is 1. The highest BCUT2D eigenvalue weighted by Gasteiger charge is 2.34. The fourth-order valence-corrected chi connectivity index (χ4v) is 5.66. The van der Waals surface area contributed by atoms with Gasteiger partial charge in [0.05, 0.1) is 7.11 Å². The van der Waals surface area contributed by atoms with Crippen LogP contribution in [0.3, 0.4) is 0 Å². The first-order valence-corrected chi connectivity index (χ1v) is 11.8. The Bertz CT molecular complexity index is 1030. The third-order valence-electron chi connectivity index (χ3n) is 5.56. The minimum atomic E-state index is -3.76. The highest BCUT2D eigenvalue weighted by Crippen LogP contribution is 2.32. The molecule has 0 unspecified atom stereocenters. The number of hydrogen-bond acceptors (Lipinski definition) is 4. The average molecular weight is 451 g/mol. The van der Waals surface area contributed by atoms with Gasteiger partial charge in [-0.05, 0) is 55.5 Å². The number of sulfonamides is 1. The van der Waals surface area contributed by atoms with Crippen LogP contribution in [0.5, 0.6) is 5.75 Å². The topological polar surface area (TPSA) is 75.7 Å². The van der Waals surface area contributed by atoms with Crippen molar-refractivity contribution >= 4 is 33.2 Å². The summed E-state index contributed by atoms with van der Waals surface area (Å²) in [6.07, 6.45) is 1.75. The van der Waals surface area contributed by atoms with Gasteiger partial charge < -0.3 is 10.1 Å². The van der Waals surface area contributed by atoms with Crippen LogP contribution in [-0.4, -0.2) is 38.8 Å². The van der Waals surface area contributed by atoms with Gasteiger partial charge in [0.15, 0.2) is 0 Å². The van der Waals surface area contributed by atoms with Crippen LogP contribution in [0, 0.1) is 12.8 Å². The van der Waals surface area contributed by atoms with Gasteiger partial charge in [-0.3, -0.25) is 4.79 Å². The van der Waals surface area contributed by atoms with E-state index in [1.54, 1.807) is 12.1 Å². The molecule has 30 heavy (non-hydrogen) atoms. The minimum absolute atomic E-state index is 0.0490. The molecule has 6 nitrogen and oxygen atoms in total. The number of hydrogen-bond donors (Lipinski definition) is 1. The van der Waals surface area contributed by atoms with Gasteiger partial charge in [0.25, 0.3) is 0 Å². The lowest BCUT2D eigenvalue weighted by molar-refractivity contribution is -0.120. The van der Waals surface area contributed by atoms with Crippen molar-refractivity contribution in [1.29, 1.82) is 0 Å². The zero-order valence-electron chi connectivity index (χ0n) is 17.4. The Morgan fingerprint density at radius 3 is 2.57 bits per heavy atom. The van der Waals surface area contributed by atoms with Crippen LogP contribution >= 0.6 is 11.6 Å². The largest absolute Gasteiger partial charge is 0.495 e. The summed E-state index contributed by atoms with van der Waals surface area (Å²) >= 11 is 6.01. The number of methoxy groups -OCH3 is 1. The molecule has 0 bridgehead atoms. The van der Waals surface area contributed by atoms with Gasteiger partial charge in [-0.15, -0.1) is 0 Å². The Hall–Kier alpha value is -2.09. The molecule has 1 aliphatic heterocycles. The van der Waals surface area contributed by atoms with Gasteiger partial charge in [-0.25, -0.2) is 8.42 Å². The molecule has 1 amide bonds. The Balaban J connectivity index is 1.70. The summed E-state index contributed by atoms with van der Waals surface area (Å²) in [5.74, 6) is -0.0377. The Morgan fingerprint density at radius 2 is 1.93 bits per heavy atom. The molecule has 1 N–H and O–H groups in total. The molecule has 1 saturated heterocycles. The molecule has 0 radical (unpaired) electrons. The van der Waals surface area contributed by atoms with Crippen LogP contribution in [0.4, 0.5) is 5.69 Å². The summed E-state index contributed by atoms with van der Waals surface area (Å²) in [5, 5.41) is 3.39. The van der Waals surface area contributed by atoms with E-state index in [9.17, 15) is 13.2 Å². The molecule has 2 aromatic rings. The normalized spacial score (nSPS) is 15.7. The van der Waals surface area contributed by atoms with Crippen LogP contribution < -0.4 is 10.1 Å². The third kappa shape index (κ3) is 4.63. The Kier molecular flexibility index (Phi) is 7.06. The first-order valence-electron chi connectivity index (χ1n) is 10.0. The number of benzene rings is 2. The summed E-state index contributed by atoms with van der Waals surface area (Å²) in [4.78, 5) is 12.9. The number of para-hydroxylation sites is 1. The first kappa shape index (κ1) is 22.6. The van der Waals surface area contributed by atoms with Gasteiger partial charge in [-0.2, -0.15) is 4.31 Å². The number of nitrogens with zero attached hydrogens (tertiary/aromatic N) is 1. The molecule has 1 aliphatic rings. The lowest BCUT2D eigenvalue weighted by Crippen LogP contribution is -2.41. The molecule has 1 fully saturated rings. The predicted octanol–water partition coefficient (Wildman–Crippen LogP) is 4.26. The van der Waals surface area contributed by atoms with Gasteiger partial charge >= 0.3 is 0 Å². The van der Waals surface area contributed by atoms with E-state index in [4.69, 9.17) is 16.3 Å². The number of piperidine rings is 1. The average Bonchev–Trinajstić information content (AvgIpc) is 2.75. The smallest absolute Gasteiger partial charge is 0.246 e. The van der Waals surface area contributed by atoms with Crippen molar-refractivity contribution in [3.63, 3.8) is 0 Å². The molecule has 0 spiro atoms. The van der Waals surface area contributed by atoms with E-state index in [-0.39, 0.29) is 35.6 Å². The molecule has 0 aromatic heterocycles. The maximum atomic E-state index is 13.1. The maximum Gasteiger partial charge on any atom is 0.246 e. The minimum Gasteiger partial charge on any atom is -0.495 e. The molecule has 1 heterocycles. The van der Waals surface area contributed by atoms with E-state index in [2.05, 4.69) is 12.2 Å². The van der Waals surface area contributed by atoms with Gasteiger partial charge in [0.1, 0.15) is 10.6 Å². The van der Waals surface area contributed by atoms with Crippen molar-refractivity contribution in [2.45, 2.75) is 38.0 Å². The van der Waals surface area contributed by atoms with Crippen LogP contribution in [-0.2, 0) is 21.2 Å². The number of halogens is 1. The fraction of sp³-hybridized carbons (Fsp3) is 0.409. The van der Waals surface area contributed by atoms with Crippen molar-refractivity contribution < 1.29 is 17.9 Å². The maximum absolute atomic E-state index is 13.1. The van der Waals surface area contributed by atoms with Crippen molar-refractivity contribution in [3.05, 3.63) is 52.5 Å². The second-order valence-corrected chi connectivity index (χ2v) is 9.77. The zero-order valence-corrected chi connectivity index (χ0v) is 19.0. The Labute approximate surface area is 183 Å². The predicted molar refractivity (Wildman–Crippen MR) is 119 cm³/mol. The van der Waals surface area contributed by atoms with Crippen molar-refractivity contribution in [3.8, 4) is 5.75 Å². The third-order valence-corrected chi connectivity index (χ3v) is 7.71. The molecule has 8 heteroatoms. The van der Waals surface area contributed by atoms with Gasteiger partial charge in [0.2, 0.25) is 15.9 Å². The summed E-state index contributed by atoms with van der Waals surface area (Å²) in [6.45, 7) is 4.56. The Morgan fingerprint density at radius 1 is 1.23 bits per heavy atom. The van der Waals surface area contributed by atoms with E-state index in [1.165, 1.54) is 17.5 Å².